The molecule has 6 heteroatoms. The average Bonchev–Trinajstić information content (AvgIpc) is 2.68. The number of hydrogen-bond acceptors (Lipinski definition) is 4. The number of esters is 1. The van der Waals surface area contributed by atoms with E-state index in [0.29, 0.717) is 41.1 Å². The summed E-state index contributed by atoms with van der Waals surface area (Å²) in [7, 11) is 0. The van der Waals surface area contributed by atoms with E-state index >= 15 is 4.39 Å². The quantitative estimate of drug-likeness (QED) is 0.263. The molecule has 2 aromatic rings. The number of nitrogens with one attached hydrogen (secondary N) is 1. The minimum atomic E-state index is -0.635. The summed E-state index contributed by atoms with van der Waals surface area (Å²) in [4.78, 5) is 12.9. The number of unbranched alkanes of at least 4 members (excludes halogenated alkanes) is 1. The molecule has 0 unspecified atom stereocenters. The van der Waals surface area contributed by atoms with Crippen LogP contribution in [0.2, 0.25) is 0 Å². The summed E-state index contributed by atoms with van der Waals surface area (Å²) >= 11 is 3.50. The number of rotatable bonds is 9. The van der Waals surface area contributed by atoms with Crippen LogP contribution in [0.25, 0.3) is 0 Å². The first-order chi connectivity index (χ1) is 14.2. The van der Waals surface area contributed by atoms with Gasteiger partial charge in [-0.15, -0.1) is 0 Å². The highest BCUT2D eigenvalue weighted by atomic mass is 79.9. The fourth-order valence-electron chi connectivity index (χ4n) is 2.98. The first-order valence-corrected chi connectivity index (χ1v) is 11.1. The Morgan fingerprint density at radius 3 is 2.47 bits per heavy atom. The highest BCUT2D eigenvalue weighted by Gasteiger charge is 2.27. The summed E-state index contributed by atoms with van der Waals surface area (Å²) < 4.78 is 27.2. The Morgan fingerprint density at radius 1 is 1.20 bits per heavy atom. The van der Waals surface area contributed by atoms with Crippen LogP contribution < -0.4 is 14.8 Å². The van der Waals surface area contributed by atoms with Gasteiger partial charge in [0, 0.05) is 16.7 Å². The van der Waals surface area contributed by atoms with Gasteiger partial charge < -0.3 is 14.8 Å². The highest BCUT2D eigenvalue weighted by molar-refractivity contribution is 9.10. The second-order valence-corrected chi connectivity index (χ2v) is 9.06. The molecule has 0 aliphatic carbocycles. The lowest BCUT2D eigenvalue weighted by atomic mass is 10.00. The second-order valence-electron chi connectivity index (χ2n) is 8.27. The zero-order valence-electron chi connectivity index (χ0n) is 18.4. The molecule has 30 heavy (non-hydrogen) atoms. The Bertz CT molecular complexity index is 863. The lowest BCUT2D eigenvalue weighted by Crippen LogP contribution is -2.37. The summed E-state index contributed by atoms with van der Waals surface area (Å²) in [5.41, 5.74) is 0.771. The Morgan fingerprint density at radius 2 is 1.87 bits per heavy atom. The molecule has 0 radical (unpaired) electrons. The molecular formula is C24H31BrFNO3. The van der Waals surface area contributed by atoms with Crippen molar-refractivity contribution in [1.29, 1.82) is 0 Å². The largest absolute Gasteiger partial charge is 0.491 e. The van der Waals surface area contributed by atoms with Gasteiger partial charge in [-0.25, -0.2) is 9.18 Å². The van der Waals surface area contributed by atoms with Crippen molar-refractivity contribution in [2.45, 2.75) is 59.4 Å². The molecule has 0 fully saturated rings. The number of benzene rings is 2. The second kappa shape index (κ2) is 10.9. The van der Waals surface area contributed by atoms with E-state index in [0.717, 1.165) is 12.8 Å². The third-order valence-corrected chi connectivity index (χ3v) is 5.43. The monoisotopic (exact) mass is 479 g/mol. The molecule has 0 aromatic heterocycles. The van der Waals surface area contributed by atoms with E-state index in [4.69, 9.17) is 9.47 Å². The molecule has 0 spiro atoms. The van der Waals surface area contributed by atoms with Crippen LogP contribution in [0, 0.1) is 12.7 Å². The smallest absolute Gasteiger partial charge is 0.347 e. The maximum Gasteiger partial charge on any atom is 0.347 e. The predicted octanol–water partition coefficient (Wildman–Crippen LogP) is 6.23. The highest BCUT2D eigenvalue weighted by Crippen LogP contribution is 2.38. The number of halogens is 2. The third-order valence-electron chi connectivity index (χ3n) is 4.59. The molecule has 0 heterocycles. The van der Waals surface area contributed by atoms with Crippen LogP contribution in [0.1, 0.15) is 62.0 Å². The molecule has 0 saturated heterocycles. The summed E-state index contributed by atoms with van der Waals surface area (Å²) in [6.45, 7) is 10.9. The van der Waals surface area contributed by atoms with Gasteiger partial charge in [-0.3, -0.25) is 0 Å². The molecule has 0 amide bonds. The van der Waals surface area contributed by atoms with Crippen molar-refractivity contribution in [1.82, 2.24) is 5.32 Å². The molecular weight excluding hydrogens is 449 g/mol. The lowest BCUT2D eigenvalue weighted by Gasteiger charge is -2.22. The minimum Gasteiger partial charge on any atom is -0.491 e. The van der Waals surface area contributed by atoms with Crippen LogP contribution in [-0.2, 0) is 6.42 Å². The van der Waals surface area contributed by atoms with Crippen molar-refractivity contribution in [3.63, 3.8) is 0 Å². The Kier molecular flexibility index (Phi) is 8.86. The molecule has 2 aromatic carbocycles. The molecule has 0 aliphatic rings. The van der Waals surface area contributed by atoms with Crippen LogP contribution in [0.4, 0.5) is 4.39 Å². The van der Waals surface area contributed by atoms with Crippen LogP contribution >= 0.6 is 15.9 Å². The van der Waals surface area contributed by atoms with Crippen molar-refractivity contribution in [2.75, 3.05) is 13.2 Å². The Labute approximate surface area is 187 Å². The Hall–Kier alpha value is -1.92. The number of ether oxygens (including phenoxy) is 2. The zero-order valence-corrected chi connectivity index (χ0v) is 20.0. The summed E-state index contributed by atoms with van der Waals surface area (Å²) in [5.74, 6) is -0.310. The molecule has 0 saturated carbocycles. The molecule has 2 rings (SSSR count). The topological polar surface area (TPSA) is 47.6 Å². The van der Waals surface area contributed by atoms with E-state index in [-0.39, 0.29) is 16.7 Å². The fourth-order valence-corrected chi connectivity index (χ4v) is 3.66. The number of hydrogen-bond donors (Lipinski definition) is 1. The van der Waals surface area contributed by atoms with Crippen LogP contribution in [0.3, 0.4) is 0 Å². The molecule has 0 bridgehead atoms. The fraction of sp³-hybridized carbons (Fsp3) is 0.458. The van der Waals surface area contributed by atoms with Crippen LogP contribution in [-0.4, -0.2) is 24.7 Å². The first kappa shape index (κ1) is 24.4. The van der Waals surface area contributed by atoms with Crippen LogP contribution in [0.15, 0.2) is 34.8 Å². The Balaban J connectivity index is 2.42. The predicted molar refractivity (Wildman–Crippen MR) is 122 cm³/mol. The molecule has 0 aliphatic heterocycles. The van der Waals surface area contributed by atoms with Gasteiger partial charge in [0.25, 0.3) is 0 Å². The van der Waals surface area contributed by atoms with Crippen molar-refractivity contribution >= 4 is 21.9 Å². The van der Waals surface area contributed by atoms with E-state index in [2.05, 4.69) is 48.9 Å². The molecule has 164 valence electrons. The maximum atomic E-state index is 15.3. The third kappa shape index (κ3) is 6.54. The first-order valence-electron chi connectivity index (χ1n) is 10.3. The normalized spacial score (nSPS) is 11.4. The van der Waals surface area contributed by atoms with Crippen molar-refractivity contribution in [3.05, 3.63) is 57.3 Å². The SMILES string of the molecule is CCCCOc1c(Br)c(CCNC(C)(C)C)c(F)c(C)c1C(=O)Oc1ccccc1. The molecule has 1 N–H and O–H groups in total. The minimum absolute atomic E-state index is 0.0715. The van der Waals surface area contributed by atoms with Gasteiger partial charge in [0.15, 0.2) is 0 Å². The van der Waals surface area contributed by atoms with Gasteiger partial charge in [0.1, 0.15) is 22.9 Å². The van der Waals surface area contributed by atoms with E-state index in [1.165, 1.54) is 0 Å². The number of para-hydroxylation sites is 1. The van der Waals surface area contributed by atoms with E-state index < -0.39 is 11.8 Å². The zero-order chi connectivity index (χ0) is 22.3. The van der Waals surface area contributed by atoms with E-state index in [1.807, 2.05) is 6.07 Å². The van der Waals surface area contributed by atoms with Crippen molar-refractivity contribution in [3.8, 4) is 11.5 Å². The summed E-state index contributed by atoms with van der Waals surface area (Å²) in [6.07, 6.45) is 2.24. The summed E-state index contributed by atoms with van der Waals surface area (Å²) in [6, 6.07) is 8.75. The van der Waals surface area contributed by atoms with Gasteiger partial charge in [0.2, 0.25) is 0 Å². The lowest BCUT2D eigenvalue weighted by molar-refractivity contribution is 0.0728. The van der Waals surface area contributed by atoms with E-state index in [9.17, 15) is 4.79 Å². The number of carbonyl (C=O) groups is 1. The maximum absolute atomic E-state index is 15.3. The van der Waals surface area contributed by atoms with Crippen LogP contribution in [0.5, 0.6) is 11.5 Å². The van der Waals surface area contributed by atoms with Gasteiger partial charge in [0.05, 0.1) is 11.1 Å². The van der Waals surface area contributed by atoms with Gasteiger partial charge in [-0.1, -0.05) is 31.5 Å². The average molecular weight is 480 g/mol. The van der Waals surface area contributed by atoms with Crippen molar-refractivity contribution < 1.29 is 18.7 Å². The number of carbonyl (C=O) groups excluding carboxylic acids is 1. The van der Waals surface area contributed by atoms with Gasteiger partial charge in [-0.2, -0.15) is 0 Å². The molecule has 4 nitrogen and oxygen atoms in total. The van der Waals surface area contributed by atoms with Crippen molar-refractivity contribution in [2.24, 2.45) is 0 Å². The standard InChI is InChI=1S/C24H31BrFNO3/c1-6-7-15-29-22-19(23(28)30-17-11-9-8-10-12-17)16(2)21(26)18(20(22)25)13-14-27-24(3,4)5/h8-12,27H,6-7,13-15H2,1-5H3. The van der Waals surface area contributed by atoms with Gasteiger partial charge in [-0.05, 0) is 75.1 Å². The van der Waals surface area contributed by atoms with E-state index in [1.54, 1.807) is 31.2 Å². The summed E-state index contributed by atoms with van der Waals surface area (Å²) in [5, 5.41) is 3.37. The molecule has 0 atom stereocenters. The van der Waals surface area contributed by atoms with Gasteiger partial charge >= 0.3 is 5.97 Å².